The number of hydrogen-bond donors (Lipinski definition) is 1. The number of esters is 1. The van der Waals surface area contributed by atoms with E-state index in [2.05, 4.69) is 32.7 Å². The lowest BCUT2D eigenvalue weighted by atomic mass is 9.93. The van der Waals surface area contributed by atoms with Crippen molar-refractivity contribution < 1.29 is 23.5 Å². The van der Waals surface area contributed by atoms with Crippen molar-refractivity contribution >= 4 is 20.4 Å². The summed E-state index contributed by atoms with van der Waals surface area (Å²) < 4.78 is 18.0. The normalized spacial score (nSPS) is 14.7. The smallest absolute Gasteiger partial charge is 0.408 e. The molecule has 1 aromatic carbocycles. The van der Waals surface area contributed by atoms with Crippen molar-refractivity contribution in [3.8, 4) is 0 Å². The van der Waals surface area contributed by atoms with Crippen molar-refractivity contribution in [1.29, 1.82) is 0 Å². The van der Waals surface area contributed by atoms with E-state index in [1.54, 1.807) is 51.1 Å². The zero-order valence-electron chi connectivity index (χ0n) is 20.8. The molecule has 7 heteroatoms. The summed E-state index contributed by atoms with van der Waals surface area (Å²) in [5.41, 5.74) is -1.00. The Kier molecular flexibility index (Phi) is 10.6. The SMILES string of the molecule is C=CC[C@@](C)(O[Si](CC)(CC)CC)[C@@H](COC(=O)c1ccccc1)NC(=O)OC(C)(C)C. The molecule has 2 atom stereocenters. The second-order valence-electron chi connectivity index (χ2n) is 9.31. The average Bonchev–Trinajstić information content (AvgIpc) is 2.74. The number of hydrogen-bond acceptors (Lipinski definition) is 5. The van der Waals surface area contributed by atoms with Gasteiger partial charge in [-0.2, -0.15) is 0 Å². The minimum Gasteiger partial charge on any atom is -0.460 e. The van der Waals surface area contributed by atoms with Crippen LogP contribution in [0.25, 0.3) is 0 Å². The van der Waals surface area contributed by atoms with Gasteiger partial charge in [0.05, 0.1) is 17.2 Å². The Hall–Kier alpha value is -2.12. The van der Waals surface area contributed by atoms with E-state index >= 15 is 0 Å². The highest BCUT2D eigenvalue weighted by Gasteiger charge is 2.44. The summed E-state index contributed by atoms with van der Waals surface area (Å²) in [6.45, 7) is 17.7. The maximum absolute atomic E-state index is 12.7. The van der Waals surface area contributed by atoms with Crippen LogP contribution < -0.4 is 5.32 Å². The van der Waals surface area contributed by atoms with Crippen LogP contribution in [0.2, 0.25) is 18.1 Å². The number of amides is 1. The number of carbonyl (C=O) groups is 2. The first-order valence-electron chi connectivity index (χ1n) is 11.5. The van der Waals surface area contributed by atoms with Crippen molar-refractivity contribution in [2.45, 2.75) is 90.3 Å². The van der Waals surface area contributed by atoms with Gasteiger partial charge in [-0.3, -0.25) is 0 Å². The number of ether oxygens (including phenoxy) is 2. The number of nitrogens with one attached hydrogen (secondary N) is 1. The molecule has 0 radical (unpaired) electrons. The minimum atomic E-state index is -2.05. The van der Waals surface area contributed by atoms with Gasteiger partial charge in [0.2, 0.25) is 0 Å². The van der Waals surface area contributed by atoms with E-state index in [1.807, 2.05) is 13.0 Å². The number of rotatable bonds is 12. The van der Waals surface area contributed by atoms with Gasteiger partial charge < -0.3 is 19.2 Å². The van der Waals surface area contributed by atoms with Gasteiger partial charge in [-0.15, -0.1) is 6.58 Å². The zero-order chi connectivity index (χ0) is 24.4. The summed E-state index contributed by atoms with van der Waals surface area (Å²) in [6, 6.07) is 11.0. The van der Waals surface area contributed by atoms with Crippen molar-refractivity contribution in [1.82, 2.24) is 5.32 Å². The summed E-state index contributed by atoms with van der Waals surface area (Å²) in [5, 5.41) is 2.91. The van der Waals surface area contributed by atoms with Crippen molar-refractivity contribution in [3.05, 3.63) is 48.6 Å². The highest BCUT2D eigenvalue weighted by molar-refractivity contribution is 6.73. The maximum Gasteiger partial charge on any atom is 0.408 e. The summed E-state index contributed by atoms with van der Waals surface area (Å²) in [5.74, 6) is -0.451. The molecule has 0 spiro atoms. The van der Waals surface area contributed by atoms with Gasteiger partial charge in [-0.25, -0.2) is 9.59 Å². The Morgan fingerprint density at radius 2 is 1.62 bits per heavy atom. The Morgan fingerprint density at radius 3 is 2.09 bits per heavy atom. The number of carbonyl (C=O) groups excluding carboxylic acids is 2. The molecule has 1 N–H and O–H groups in total. The first-order valence-corrected chi connectivity index (χ1v) is 14.0. The molecule has 0 aliphatic rings. The third-order valence-electron chi connectivity index (χ3n) is 5.75. The minimum absolute atomic E-state index is 0.0427. The van der Waals surface area contributed by atoms with Crippen LogP contribution in [0.3, 0.4) is 0 Å². The molecule has 0 saturated carbocycles. The summed E-state index contributed by atoms with van der Waals surface area (Å²) in [7, 11) is -2.05. The van der Waals surface area contributed by atoms with Gasteiger partial charge in [-0.1, -0.05) is 45.0 Å². The van der Waals surface area contributed by atoms with E-state index in [0.717, 1.165) is 18.1 Å². The fourth-order valence-electron chi connectivity index (χ4n) is 3.64. The van der Waals surface area contributed by atoms with Crippen LogP contribution >= 0.6 is 0 Å². The van der Waals surface area contributed by atoms with Gasteiger partial charge in [0.25, 0.3) is 0 Å². The van der Waals surface area contributed by atoms with Gasteiger partial charge in [0.1, 0.15) is 12.2 Å². The van der Waals surface area contributed by atoms with Crippen LogP contribution in [0, 0.1) is 0 Å². The highest BCUT2D eigenvalue weighted by atomic mass is 28.4. The first kappa shape index (κ1) is 27.9. The van der Waals surface area contributed by atoms with E-state index in [-0.39, 0.29) is 6.61 Å². The Balaban J connectivity index is 3.21. The van der Waals surface area contributed by atoms with E-state index in [0.29, 0.717) is 12.0 Å². The fourth-order valence-corrected chi connectivity index (χ4v) is 6.79. The lowest BCUT2D eigenvalue weighted by Gasteiger charge is -2.44. The quantitative estimate of drug-likeness (QED) is 0.230. The molecule has 180 valence electrons. The lowest BCUT2D eigenvalue weighted by Crippen LogP contribution is -2.59. The van der Waals surface area contributed by atoms with Crippen molar-refractivity contribution in [3.63, 3.8) is 0 Å². The molecule has 0 unspecified atom stereocenters. The van der Waals surface area contributed by atoms with Crippen LogP contribution in [0.4, 0.5) is 4.79 Å². The van der Waals surface area contributed by atoms with Crippen LogP contribution in [0.5, 0.6) is 0 Å². The maximum atomic E-state index is 12.7. The number of benzene rings is 1. The lowest BCUT2D eigenvalue weighted by molar-refractivity contribution is -0.00948. The van der Waals surface area contributed by atoms with Crippen LogP contribution in [-0.4, -0.2) is 44.2 Å². The second kappa shape index (κ2) is 12.2. The van der Waals surface area contributed by atoms with E-state index in [4.69, 9.17) is 13.9 Å². The second-order valence-corrected chi connectivity index (χ2v) is 14.0. The fraction of sp³-hybridized carbons (Fsp3) is 0.600. The molecule has 0 aliphatic heterocycles. The topological polar surface area (TPSA) is 73.9 Å². The summed E-state index contributed by atoms with van der Waals surface area (Å²) in [6.07, 6.45) is 1.70. The van der Waals surface area contributed by atoms with Gasteiger partial charge in [0, 0.05) is 0 Å². The van der Waals surface area contributed by atoms with E-state index in [9.17, 15) is 9.59 Å². The molecular formula is C25H41NO5Si. The van der Waals surface area contributed by atoms with Crippen LogP contribution in [0.1, 0.15) is 65.2 Å². The van der Waals surface area contributed by atoms with E-state index in [1.165, 1.54) is 0 Å². The third kappa shape index (κ3) is 8.43. The van der Waals surface area contributed by atoms with Gasteiger partial charge in [0.15, 0.2) is 8.32 Å². The molecule has 0 aliphatic carbocycles. The summed E-state index contributed by atoms with van der Waals surface area (Å²) in [4.78, 5) is 25.2. The van der Waals surface area contributed by atoms with Crippen LogP contribution in [0.15, 0.2) is 43.0 Å². The monoisotopic (exact) mass is 463 g/mol. The highest BCUT2D eigenvalue weighted by Crippen LogP contribution is 2.33. The molecule has 1 amide bonds. The predicted molar refractivity (Wildman–Crippen MR) is 131 cm³/mol. The van der Waals surface area contributed by atoms with Crippen molar-refractivity contribution in [2.24, 2.45) is 0 Å². The predicted octanol–water partition coefficient (Wildman–Crippen LogP) is 6.09. The molecule has 1 aromatic rings. The Labute approximate surface area is 194 Å². The van der Waals surface area contributed by atoms with Crippen LogP contribution in [-0.2, 0) is 13.9 Å². The molecule has 0 bridgehead atoms. The molecule has 1 rings (SSSR count). The molecule has 0 fully saturated rings. The molecule has 0 saturated heterocycles. The van der Waals surface area contributed by atoms with Gasteiger partial charge in [-0.05, 0) is 64.4 Å². The first-order chi connectivity index (χ1) is 14.9. The summed E-state index contributed by atoms with van der Waals surface area (Å²) >= 11 is 0. The standard InChI is InChI=1S/C25H41NO5Si/c1-9-18-25(8,31-32(10-2,11-3)12-4)21(26-23(28)30-24(5,6)7)19-29-22(27)20-16-14-13-15-17-20/h9,13-17,21H,1,10-12,18-19H2,2-8H3,(H,26,28)/t21-,25-/m1/s1. The van der Waals surface area contributed by atoms with E-state index < -0.39 is 37.6 Å². The molecular weight excluding hydrogens is 422 g/mol. The Bertz CT molecular complexity index is 734. The van der Waals surface area contributed by atoms with Gasteiger partial charge >= 0.3 is 12.1 Å². The largest absolute Gasteiger partial charge is 0.460 e. The Morgan fingerprint density at radius 1 is 1.06 bits per heavy atom. The third-order valence-corrected chi connectivity index (χ3v) is 10.5. The molecule has 6 nitrogen and oxygen atoms in total. The molecule has 32 heavy (non-hydrogen) atoms. The van der Waals surface area contributed by atoms with Crippen molar-refractivity contribution in [2.75, 3.05) is 6.61 Å². The average molecular weight is 464 g/mol. The molecule has 0 heterocycles. The number of alkyl carbamates (subject to hydrolysis) is 1. The zero-order valence-corrected chi connectivity index (χ0v) is 21.8. The molecule has 0 aromatic heterocycles.